The number of morpholine rings is 1. The van der Waals surface area contributed by atoms with Crippen LogP contribution in [0.2, 0.25) is 0 Å². The van der Waals surface area contributed by atoms with Crippen molar-refractivity contribution in [3.63, 3.8) is 0 Å². The van der Waals surface area contributed by atoms with E-state index in [1.54, 1.807) is 0 Å². The Morgan fingerprint density at radius 2 is 2.29 bits per heavy atom. The zero-order valence-corrected chi connectivity index (χ0v) is 12.3. The van der Waals surface area contributed by atoms with Crippen LogP contribution in [-0.4, -0.2) is 45.2 Å². The van der Waals surface area contributed by atoms with Gasteiger partial charge in [0.15, 0.2) is 0 Å². The molecule has 0 aromatic heterocycles. The van der Waals surface area contributed by atoms with Gasteiger partial charge >= 0.3 is 12.1 Å². The van der Waals surface area contributed by atoms with Gasteiger partial charge in [-0.15, -0.1) is 0 Å². The number of hydrogen-bond donors (Lipinski definition) is 0. The van der Waals surface area contributed by atoms with Crippen molar-refractivity contribution in [2.75, 3.05) is 11.0 Å². The van der Waals surface area contributed by atoms with E-state index in [1.807, 2.05) is 20.8 Å². The summed E-state index contributed by atoms with van der Waals surface area (Å²) in [6.07, 6.45) is 0.166. The maximum atomic E-state index is 11.9. The summed E-state index contributed by atoms with van der Waals surface area (Å²) in [4.78, 5) is 25.0. The second kappa shape index (κ2) is 4.00. The van der Waals surface area contributed by atoms with E-state index in [1.165, 1.54) is 4.90 Å². The van der Waals surface area contributed by atoms with Gasteiger partial charge in [0, 0.05) is 10.8 Å². The van der Waals surface area contributed by atoms with Crippen LogP contribution < -0.4 is 0 Å². The topological polar surface area (TPSA) is 55.8 Å². The highest BCUT2D eigenvalue weighted by molar-refractivity contribution is 14.1. The number of fused-ring (bicyclic) bond motifs is 2. The molecule has 17 heavy (non-hydrogen) atoms. The highest BCUT2D eigenvalue weighted by Gasteiger charge is 2.58. The van der Waals surface area contributed by atoms with Crippen LogP contribution in [-0.2, 0) is 14.3 Å². The van der Waals surface area contributed by atoms with Crippen molar-refractivity contribution in [2.24, 2.45) is 0 Å². The zero-order chi connectivity index (χ0) is 12.8. The Labute approximate surface area is 114 Å². The fourth-order valence-corrected chi connectivity index (χ4v) is 2.86. The Bertz CT molecular complexity index is 365. The molecular formula is C11H16INO4. The molecule has 6 heteroatoms. The van der Waals surface area contributed by atoms with Gasteiger partial charge in [-0.25, -0.2) is 9.59 Å². The van der Waals surface area contributed by atoms with Gasteiger partial charge < -0.3 is 9.47 Å². The lowest BCUT2D eigenvalue weighted by Crippen LogP contribution is -2.50. The Morgan fingerprint density at radius 1 is 1.65 bits per heavy atom. The molecule has 0 unspecified atom stereocenters. The molecule has 0 saturated carbocycles. The standard InChI is InChI=1S/C11H16INO4/c1-10(2,3)17-9(15)13-6-11(5-12)4-7(13)8(14)16-11/h7H,4-6H2,1-3H3/t7-,11+/m0/s1. The van der Waals surface area contributed by atoms with Crippen molar-refractivity contribution < 1.29 is 19.1 Å². The highest BCUT2D eigenvalue weighted by atomic mass is 127. The number of halogens is 1. The lowest BCUT2D eigenvalue weighted by molar-refractivity contribution is -0.157. The average molecular weight is 353 g/mol. The fourth-order valence-electron chi connectivity index (χ4n) is 2.15. The number of nitrogens with zero attached hydrogens (tertiary/aromatic N) is 1. The molecule has 96 valence electrons. The first-order valence-corrected chi connectivity index (χ1v) is 7.07. The van der Waals surface area contributed by atoms with Crippen molar-refractivity contribution in [1.82, 2.24) is 4.90 Å². The number of ether oxygens (including phenoxy) is 2. The number of carbonyl (C=O) groups excluding carboxylic acids is 2. The summed E-state index contributed by atoms with van der Waals surface area (Å²) >= 11 is 2.18. The van der Waals surface area contributed by atoms with Gasteiger partial charge in [-0.05, 0) is 20.8 Å². The molecule has 2 bridgehead atoms. The van der Waals surface area contributed by atoms with Crippen LogP contribution in [0.15, 0.2) is 0 Å². The maximum absolute atomic E-state index is 11.9. The van der Waals surface area contributed by atoms with Crippen LogP contribution >= 0.6 is 22.6 Å². The molecule has 2 rings (SSSR count). The minimum Gasteiger partial charge on any atom is -0.455 e. The second-order valence-corrected chi connectivity index (χ2v) is 6.33. The Morgan fingerprint density at radius 3 is 2.76 bits per heavy atom. The number of alkyl halides is 1. The first kappa shape index (κ1) is 12.9. The molecule has 2 fully saturated rings. The van der Waals surface area contributed by atoms with Crippen LogP contribution in [0.25, 0.3) is 0 Å². The van der Waals surface area contributed by atoms with Gasteiger partial charge in [-0.2, -0.15) is 0 Å². The molecule has 0 spiro atoms. The third kappa shape index (κ3) is 2.36. The molecule has 5 nitrogen and oxygen atoms in total. The molecular weight excluding hydrogens is 337 g/mol. The van der Waals surface area contributed by atoms with E-state index in [0.29, 0.717) is 17.4 Å². The SMILES string of the molecule is CC(C)(C)OC(=O)N1C[C@]2(CI)C[C@H]1C(=O)O2. The summed E-state index contributed by atoms with van der Waals surface area (Å²) in [5, 5.41) is 0. The number of rotatable bonds is 1. The van der Waals surface area contributed by atoms with Gasteiger partial charge in [0.2, 0.25) is 0 Å². The van der Waals surface area contributed by atoms with E-state index < -0.39 is 23.3 Å². The van der Waals surface area contributed by atoms with E-state index in [9.17, 15) is 9.59 Å². The molecule has 2 aliphatic heterocycles. The van der Waals surface area contributed by atoms with E-state index in [0.717, 1.165) is 0 Å². The summed E-state index contributed by atoms with van der Waals surface area (Å²) in [6.45, 7) is 5.88. The lowest BCUT2D eigenvalue weighted by atomic mass is 10.1. The Balaban J connectivity index is 2.10. The minimum atomic E-state index is -0.541. The first-order valence-electron chi connectivity index (χ1n) is 5.55. The van der Waals surface area contributed by atoms with Crippen LogP contribution in [0, 0.1) is 0 Å². The molecule has 0 N–H and O–H groups in total. The summed E-state index contributed by atoms with van der Waals surface area (Å²) in [6, 6.07) is -0.459. The number of hydrogen-bond acceptors (Lipinski definition) is 4. The van der Waals surface area contributed by atoms with Crippen molar-refractivity contribution >= 4 is 34.7 Å². The van der Waals surface area contributed by atoms with E-state index in [-0.39, 0.29) is 5.97 Å². The largest absolute Gasteiger partial charge is 0.455 e. The van der Waals surface area contributed by atoms with Crippen molar-refractivity contribution in [2.45, 2.75) is 44.4 Å². The first-order chi connectivity index (χ1) is 7.76. The van der Waals surface area contributed by atoms with Crippen LogP contribution in [0.3, 0.4) is 0 Å². The van der Waals surface area contributed by atoms with Gasteiger partial charge in [-0.3, -0.25) is 4.90 Å². The predicted octanol–water partition coefficient (Wildman–Crippen LogP) is 1.73. The van der Waals surface area contributed by atoms with Gasteiger partial charge in [0.05, 0.1) is 6.54 Å². The fraction of sp³-hybridized carbons (Fsp3) is 0.818. The third-order valence-corrected chi connectivity index (χ3v) is 4.25. The summed E-state index contributed by atoms with van der Waals surface area (Å²) < 4.78 is 11.3. The van der Waals surface area contributed by atoms with Crippen LogP contribution in [0.1, 0.15) is 27.2 Å². The minimum absolute atomic E-state index is 0.307. The van der Waals surface area contributed by atoms with Crippen LogP contribution in [0.4, 0.5) is 4.79 Å². The van der Waals surface area contributed by atoms with Gasteiger partial charge in [-0.1, -0.05) is 22.6 Å². The summed E-state index contributed by atoms with van der Waals surface area (Å²) in [7, 11) is 0. The monoisotopic (exact) mass is 353 g/mol. The van der Waals surface area contributed by atoms with Crippen LogP contribution in [0.5, 0.6) is 0 Å². The maximum Gasteiger partial charge on any atom is 0.411 e. The smallest absolute Gasteiger partial charge is 0.411 e. The van der Waals surface area contributed by atoms with E-state index in [4.69, 9.17) is 9.47 Å². The Hall–Kier alpha value is -0.530. The Kier molecular flexibility index (Phi) is 3.04. The number of esters is 1. The third-order valence-electron chi connectivity index (χ3n) is 2.86. The van der Waals surface area contributed by atoms with Crippen molar-refractivity contribution in [3.8, 4) is 0 Å². The molecule has 0 radical (unpaired) electrons. The molecule has 0 aromatic carbocycles. The van der Waals surface area contributed by atoms with Gasteiger partial charge in [0.25, 0.3) is 0 Å². The quantitative estimate of drug-likeness (QED) is 0.409. The highest BCUT2D eigenvalue weighted by Crippen LogP contribution is 2.40. The lowest BCUT2D eigenvalue weighted by Gasteiger charge is -2.32. The van der Waals surface area contributed by atoms with Crippen molar-refractivity contribution in [3.05, 3.63) is 0 Å². The second-order valence-electron chi connectivity index (χ2n) is 5.57. The van der Waals surface area contributed by atoms with E-state index in [2.05, 4.69) is 22.6 Å². The molecule has 0 aromatic rings. The number of carbonyl (C=O) groups is 2. The average Bonchev–Trinajstić information content (AvgIpc) is 2.70. The predicted molar refractivity (Wildman–Crippen MR) is 69.1 cm³/mol. The molecule has 2 atom stereocenters. The van der Waals surface area contributed by atoms with E-state index >= 15 is 0 Å². The zero-order valence-electron chi connectivity index (χ0n) is 10.2. The van der Waals surface area contributed by atoms with Crippen molar-refractivity contribution in [1.29, 1.82) is 0 Å². The molecule has 1 amide bonds. The molecule has 2 heterocycles. The molecule has 2 aliphatic rings. The normalized spacial score (nSPS) is 31.6. The summed E-state index contributed by atoms with van der Waals surface area (Å²) in [5.41, 5.74) is -1.03. The van der Waals surface area contributed by atoms with Gasteiger partial charge in [0.1, 0.15) is 17.2 Å². The number of amides is 1. The summed E-state index contributed by atoms with van der Waals surface area (Å²) in [5.74, 6) is -0.307. The number of likely N-dealkylation sites (tertiary alicyclic amines) is 1. The molecule has 0 aliphatic carbocycles. The molecule has 2 saturated heterocycles.